The molecule has 5 atom stereocenters. The van der Waals surface area contributed by atoms with Gasteiger partial charge in [0.1, 0.15) is 24.1 Å². The summed E-state index contributed by atoms with van der Waals surface area (Å²) in [5.74, 6) is -2.02. The van der Waals surface area contributed by atoms with Gasteiger partial charge in [-0.15, -0.1) is 13.2 Å². The third-order valence-electron chi connectivity index (χ3n) is 3.67. The van der Waals surface area contributed by atoms with Gasteiger partial charge in [0.15, 0.2) is 6.10 Å². The molecule has 10 nitrogen and oxygen atoms in total. The van der Waals surface area contributed by atoms with Gasteiger partial charge in [-0.3, -0.25) is 0 Å². The largest absolute Gasteiger partial charge is 0.573 e. The molecule has 1 aromatic carbocycles. The van der Waals surface area contributed by atoms with Gasteiger partial charge in [0, 0.05) is 6.07 Å². The minimum Gasteiger partial charge on any atom is -0.479 e. The number of fused-ring (bicyclic) bond motifs is 1. The van der Waals surface area contributed by atoms with Crippen LogP contribution in [0.1, 0.15) is 0 Å². The molecule has 2 heterocycles. The normalized spacial score (nSPS) is 28.3. The summed E-state index contributed by atoms with van der Waals surface area (Å²) in [7, 11) is 0. The monoisotopic (exact) mass is 426 g/mol. The number of hydrogen-bond donors (Lipinski definition) is 5. The van der Waals surface area contributed by atoms with Crippen LogP contribution in [-0.4, -0.2) is 68.4 Å². The topological polar surface area (TPSA) is 151 Å². The summed E-state index contributed by atoms with van der Waals surface area (Å²) in [6.45, 7) is 0. The van der Waals surface area contributed by atoms with Gasteiger partial charge in [0.25, 0.3) is 0 Å². The van der Waals surface area contributed by atoms with Crippen LogP contribution in [0.5, 0.6) is 5.75 Å². The molecule has 2 aromatic rings. The number of alkyl halides is 3. The van der Waals surface area contributed by atoms with Crippen molar-refractivity contribution in [3.63, 3.8) is 0 Å². The number of aliphatic carboxylic acids is 1. The molecule has 1 aliphatic heterocycles. The molecular formula is C14H13F3N2O8S. The van der Waals surface area contributed by atoms with Gasteiger partial charge in [-0.05, 0) is 12.1 Å². The van der Waals surface area contributed by atoms with Gasteiger partial charge >= 0.3 is 12.3 Å². The van der Waals surface area contributed by atoms with Gasteiger partial charge in [-0.1, -0.05) is 11.3 Å². The lowest BCUT2D eigenvalue weighted by Gasteiger charge is -2.37. The Balaban J connectivity index is 1.69. The van der Waals surface area contributed by atoms with Gasteiger partial charge < -0.3 is 29.9 Å². The van der Waals surface area contributed by atoms with E-state index in [-0.39, 0.29) is 5.13 Å². The first-order valence-corrected chi connectivity index (χ1v) is 8.37. The highest BCUT2D eigenvalue weighted by Crippen LogP contribution is 2.32. The first kappa shape index (κ1) is 20.5. The average Bonchev–Trinajstić information content (AvgIpc) is 2.99. The smallest absolute Gasteiger partial charge is 0.479 e. The number of benzene rings is 1. The second-order valence-electron chi connectivity index (χ2n) is 5.65. The zero-order chi connectivity index (χ0) is 20.6. The molecule has 0 bridgehead atoms. The molecule has 0 aliphatic carbocycles. The summed E-state index contributed by atoms with van der Waals surface area (Å²) >= 11 is 0.876. The van der Waals surface area contributed by atoms with E-state index < -0.39 is 48.8 Å². The van der Waals surface area contributed by atoms with Crippen molar-refractivity contribution in [1.82, 2.24) is 4.98 Å². The maximum Gasteiger partial charge on any atom is 0.573 e. The molecule has 1 fully saturated rings. The van der Waals surface area contributed by atoms with E-state index in [0.29, 0.717) is 10.2 Å². The summed E-state index contributed by atoms with van der Waals surface area (Å²) in [5, 5.41) is 38.1. The number of aliphatic hydroxyl groups is 3. The molecule has 0 spiro atoms. The first-order valence-electron chi connectivity index (χ1n) is 7.55. The summed E-state index contributed by atoms with van der Waals surface area (Å²) in [6.07, 6.45) is -13.9. The summed E-state index contributed by atoms with van der Waals surface area (Å²) in [6, 6.07) is 3.46. The molecular weight excluding hydrogens is 413 g/mol. The number of carboxylic acids is 1. The zero-order valence-electron chi connectivity index (χ0n) is 13.5. The highest BCUT2D eigenvalue weighted by molar-refractivity contribution is 7.22. The fourth-order valence-electron chi connectivity index (χ4n) is 2.40. The second kappa shape index (κ2) is 7.65. The quantitative estimate of drug-likeness (QED) is 0.426. The predicted octanol–water partition coefficient (Wildman–Crippen LogP) is 0.431. The number of hydrogen-bond acceptors (Lipinski definition) is 10. The lowest BCUT2D eigenvalue weighted by molar-refractivity contribution is -0.287. The Labute approximate surface area is 157 Å². The standard InChI is InChI=1S/C14H13F3N2O8S/c15-14(16,17)26-4-1-2-5-6(3-4)28-13(18-5)19-27-12-9(22)7(20)8(21)10(25-12)11(23)24/h1-3,7-10,12,20-22H,(H,18,19)(H,23,24)/t7-,8-,9?,10?,12-/m0/s1. The Morgan fingerprint density at radius 2 is 1.93 bits per heavy atom. The van der Waals surface area contributed by atoms with Crippen LogP contribution in [0.15, 0.2) is 18.2 Å². The van der Waals surface area contributed by atoms with Crippen molar-refractivity contribution in [3.8, 4) is 5.75 Å². The maximum atomic E-state index is 12.3. The lowest BCUT2D eigenvalue weighted by Crippen LogP contribution is -2.60. The molecule has 0 amide bonds. The van der Waals surface area contributed by atoms with E-state index in [1.165, 1.54) is 6.07 Å². The Bertz CT molecular complexity index is 863. The van der Waals surface area contributed by atoms with E-state index in [4.69, 9.17) is 14.7 Å². The number of halogens is 3. The van der Waals surface area contributed by atoms with Crippen LogP contribution < -0.4 is 10.2 Å². The Morgan fingerprint density at radius 3 is 2.57 bits per heavy atom. The molecule has 14 heteroatoms. The highest BCUT2D eigenvalue weighted by Gasteiger charge is 2.47. The third-order valence-corrected chi connectivity index (χ3v) is 4.58. The number of carboxylic acid groups (broad SMARTS) is 1. The van der Waals surface area contributed by atoms with E-state index in [0.717, 1.165) is 23.5 Å². The van der Waals surface area contributed by atoms with Crippen molar-refractivity contribution in [2.45, 2.75) is 37.1 Å². The van der Waals surface area contributed by atoms with E-state index in [1.54, 1.807) is 0 Å². The molecule has 1 aliphatic rings. The molecule has 1 saturated heterocycles. The first-order chi connectivity index (χ1) is 13.0. The summed E-state index contributed by atoms with van der Waals surface area (Å²) in [5.41, 5.74) is 2.58. The second-order valence-corrected chi connectivity index (χ2v) is 6.68. The third kappa shape index (κ3) is 4.43. The van der Waals surface area contributed by atoms with Crippen LogP contribution in [0.4, 0.5) is 18.3 Å². The van der Waals surface area contributed by atoms with Gasteiger partial charge in [0.05, 0.1) is 10.2 Å². The fourth-order valence-corrected chi connectivity index (χ4v) is 3.24. The van der Waals surface area contributed by atoms with Crippen molar-refractivity contribution in [2.75, 3.05) is 5.48 Å². The van der Waals surface area contributed by atoms with Gasteiger partial charge in [-0.25, -0.2) is 20.1 Å². The number of aromatic nitrogens is 1. The Hall–Kier alpha value is -2.23. The minimum absolute atomic E-state index is 0.0439. The molecule has 2 unspecified atom stereocenters. The number of ether oxygens (including phenoxy) is 2. The minimum atomic E-state index is -4.84. The molecule has 28 heavy (non-hydrogen) atoms. The fraction of sp³-hybridized carbons (Fsp3) is 0.429. The number of anilines is 1. The van der Waals surface area contributed by atoms with Crippen LogP contribution in [0.2, 0.25) is 0 Å². The van der Waals surface area contributed by atoms with Crippen molar-refractivity contribution < 1.29 is 52.7 Å². The highest BCUT2D eigenvalue weighted by atomic mass is 32.1. The van der Waals surface area contributed by atoms with E-state index >= 15 is 0 Å². The molecule has 5 N–H and O–H groups in total. The van der Waals surface area contributed by atoms with Gasteiger partial charge in [-0.2, -0.15) is 0 Å². The van der Waals surface area contributed by atoms with E-state index in [9.17, 15) is 33.3 Å². The molecule has 1 aromatic heterocycles. The summed E-state index contributed by atoms with van der Waals surface area (Å²) in [4.78, 5) is 20.1. The number of rotatable bonds is 5. The van der Waals surface area contributed by atoms with Crippen molar-refractivity contribution in [1.29, 1.82) is 0 Å². The van der Waals surface area contributed by atoms with Crippen LogP contribution in [0.3, 0.4) is 0 Å². The van der Waals surface area contributed by atoms with Gasteiger partial charge in [0.2, 0.25) is 11.4 Å². The Kier molecular flexibility index (Phi) is 5.60. The number of thiazole rings is 1. The maximum absolute atomic E-state index is 12.3. The Morgan fingerprint density at radius 1 is 1.21 bits per heavy atom. The number of nitrogens with zero attached hydrogens (tertiary/aromatic N) is 1. The molecule has 154 valence electrons. The van der Waals surface area contributed by atoms with Crippen LogP contribution in [-0.2, 0) is 14.4 Å². The molecule has 0 saturated carbocycles. The average molecular weight is 426 g/mol. The van der Waals surface area contributed by atoms with Crippen LogP contribution >= 0.6 is 11.3 Å². The zero-order valence-corrected chi connectivity index (χ0v) is 14.3. The number of nitrogens with one attached hydrogen (secondary N) is 1. The van der Waals surface area contributed by atoms with E-state index in [2.05, 4.69) is 15.2 Å². The van der Waals surface area contributed by atoms with Crippen molar-refractivity contribution in [2.24, 2.45) is 0 Å². The lowest BCUT2D eigenvalue weighted by atomic mass is 9.99. The van der Waals surface area contributed by atoms with E-state index in [1.807, 2.05) is 0 Å². The molecule has 3 rings (SSSR count). The van der Waals surface area contributed by atoms with Crippen molar-refractivity contribution >= 4 is 32.7 Å². The molecule has 0 radical (unpaired) electrons. The number of aliphatic hydroxyl groups excluding tert-OH is 3. The number of carbonyl (C=O) groups is 1. The van der Waals surface area contributed by atoms with Crippen molar-refractivity contribution in [3.05, 3.63) is 18.2 Å². The SMILES string of the molecule is O=C(O)C1O[C@@H](ONc2nc3ccc(OC(F)(F)F)cc3s2)C(O)[C@@H](O)[C@@H]1O. The summed E-state index contributed by atoms with van der Waals surface area (Å²) < 4.78 is 45.8. The van der Waals surface area contributed by atoms with Crippen LogP contribution in [0.25, 0.3) is 10.2 Å². The van der Waals surface area contributed by atoms with Crippen LogP contribution in [0, 0.1) is 0 Å². The predicted molar refractivity (Wildman–Crippen MR) is 85.3 cm³/mol.